The first-order valence-electron chi connectivity index (χ1n) is 7.58. The Morgan fingerprint density at radius 3 is 2.45 bits per heavy atom. The van der Waals surface area contributed by atoms with E-state index in [4.69, 9.17) is 4.74 Å². The second kappa shape index (κ2) is 8.36. The Bertz CT molecular complexity index is 513. The van der Waals surface area contributed by atoms with Gasteiger partial charge in [0.05, 0.1) is 0 Å². The van der Waals surface area contributed by atoms with E-state index >= 15 is 0 Å². The van der Waals surface area contributed by atoms with Crippen molar-refractivity contribution in [2.45, 2.75) is 51.2 Å². The van der Waals surface area contributed by atoms with Crippen LogP contribution in [0.2, 0.25) is 0 Å². The van der Waals surface area contributed by atoms with E-state index < -0.39 is 18.0 Å². The predicted octanol–water partition coefficient (Wildman–Crippen LogP) is 3.22. The zero-order valence-electron chi connectivity index (χ0n) is 12.6. The average molecular weight is 416 g/mol. The van der Waals surface area contributed by atoms with Gasteiger partial charge in [0.1, 0.15) is 5.75 Å². The molecule has 120 valence electrons. The van der Waals surface area contributed by atoms with E-state index in [-0.39, 0.29) is 6.04 Å². The van der Waals surface area contributed by atoms with Gasteiger partial charge in [-0.05, 0) is 66.6 Å². The monoisotopic (exact) mass is 416 g/mol. The van der Waals surface area contributed by atoms with E-state index in [1.807, 2.05) is 12.1 Å². The summed E-state index contributed by atoms with van der Waals surface area (Å²) in [5.74, 6) is 0.169. The molecule has 0 radical (unpaired) electrons. The lowest BCUT2D eigenvalue weighted by molar-refractivity contribution is -0.126. The Kier molecular flexibility index (Phi) is 6.48. The van der Waals surface area contributed by atoms with Gasteiger partial charge in [0.2, 0.25) is 0 Å². The summed E-state index contributed by atoms with van der Waals surface area (Å²) in [4.78, 5) is 23.8. The third-order valence-electron chi connectivity index (χ3n) is 3.67. The van der Waals surface area contributed by atoms with Crippen LogP contribution < -0.4 is 15.4 Å². The van der Waals surface area contributed by atoms with E-state index in [0.29, 0.717) is 5.75 Å². The zero-order valence-corrected chi connectivity index (χ0v) is 14.8. The molecule has 0 saturated heterocycles. The lowest BCUT2D eigenvalue weighted by Gasteiger charge is -2.23. The van der Waals surface area contributed by atoms with E-state index in [2.05, 4.69) is 33.2 Å². The third-order valence-corrected chi connectivity index (χ3v) is 4.39. The molecule has 0 bridgehead atoms. The molecule has 0 heterocycles. The second-order valence-electron chi connectivity index (χ2n) is 5.51. The van der Waals surface area contributed by atoms with Crippen molar-refractivity contribution in [2.24, 2.45) is 0 Å². The van der Waals surface area contributed by atoms with Crippen LogP contribution >= 0.6 is 22.6 Å². The molecule has 2 rings (SSSR count). The molecule has 1 aromatic carbocycles. The first-order chi connectivity index (χ1) is 10.5. The fraction of sp³-hybridized carbons (Fsp3) is 0.500. The van der Waals surface area contributed by atoms with Gasteiger partial charge in [-0.25, -0.2) is 4.79 Å². The van der Waals surface area contributed by atoms with Crippen molar-refractivity contribution >= 4 is 34.5 Å². The van der Waals surface area contributed by atoms with Crippen molar-refractivity contribution in [3.05, 3.63) is 27.8 Å². The molecule has 6 heteroatoms. The number of ether oxygens (including phenoxy) is 1. The maximum atomic E-state index is 12.0. The minimum absolute atomic E-state index is 0.175. The maximum Gasteiger partial charge on any atom is 0.321 e. The third kappa shape index (κ3) is 5.47. The Balaban J connectivity index is 1.77. The minimum atomic E-state index is -0.725. The fourth-order valence-electron chi connectivity index (χ4n) is 2.45. The van der Waals surface area contributed by atoms with Gasteiger partial charge in [0.15, 0.2) is 6.10 Å². The normalized spacial score (nSPS) is 16.6. The molecule has 1 aliphatic rings. The highest BCUT2D eigenvalue weighted by molar-refractivity contribution is 14.1. The lowest BCUT2D eigenvalue weighted by atomic mass is 9.96. The molecule has 22 heavy (non-hydrogen) atoms. The van der Waals surface area contributed by atoms with Crippen molar-refractivity contribution in [1.82, 2.24) is 10.6 Å². The molecule has 0 aliphatic heterocycles. The van der Waals surface area contributed by atoms with Crippen LogP contribution in [0.25, 0.3) is 0 Å². The van der Waals surface area contributed by atoms with Gasteiger partial charge in [-0.15, -0.1) is 0 Å². The van der Waals surface area contributed by atoms with Gasteiger partial charge in [0, 0.05) is 9.61 Å². The summed E-state index contributed by atoms with van der Waals surface area (Å²) in [5, 5.41) is 5.19. The summed E-state index contributed by atoms with van der Waals surface area (Å²) in [6.45, 7) is 1.63. The lowest BCUT2D eigenvalue weighted by Crippen LogP contribution is -2.48. The van der Waals surface area contributed by atoms with Gasteiger partial charge in [0.25, 0.3) is 5.91 Å². The van der Waals surface area contributed by atoms with Crippen molar-refractivity contribution in [3.63, 3.8) is 0 Å². The number of carbonyl (C=O) groups is 2. The quantitative estimate of drug-likeness (QED) is 0.741. The highest BCUT2D eigenvalue weighted by Crippen LogP contribution is 2.17. The Labute approximate surface area is 144 Å². The molecule has 1 saturated carbocycles. The van der Waals surface area contributed by atoms with Crippen LogP contribution in [0, 0.1) is 3.57 Å². The van der Waals surface area contributed by atoms with E-state index in [0.717, 1.165) is 29.3 Å². The topological polar surface area (TPSA) is 67.4 Å². The molecule has 1 aromatic rings. The van der Waals surface area contributed by atoms with Crippen LogP contribution in [-0.4, -0.2) is 24.1 Å². The number of hydrogen-bond donors (Lipinski definition) is 2. The van der Waals surface area contributed by atoms with Crippen molar-refractivity contribution < 1.29 is 14.3 Å². The predicted molar refractivity (Wildman–Crippen MR) is 92.8 cm³/mol. The van der Waals surface area contributed by atoms with Crippen LogP contribution in [0.3, 0.4) is 0 Å². The van der Waals surface area contributed by atoms with Crippen molar-refractivity contribution in [1.29, 1.82) is 0 Å². The SMILES string of the molecule is C[C@H](Oc1ccc(I)cc1)C(=O)NC(=O)NC1CCCCC1. The standard InChI is InChI=1S/C16H21IN2O3/c1-11(22-14-9-7-12(17)8-10-14)15(20)19-16(21)18-13-5-3-2-4-6-13/h7-11,13H,2-6H2,1H3,(H2,18,19,20,21)/t11-/m0/s1. The number of benzene rings is 1. The molecule has 1 atom stereocenters. The summed E-state index contributed by atoms with van der Waals surface area (Å²) in [7, 11) is 0. The van der Waals surface area contributed by atoms with Gasteiger partial charge < -0.3 is 10.1 Å². The van der Waals surface area contributed by atoms with Crippen molar-refractivity contribution in [2.75, 3.05) is 0 Å². The summed E-state index contributed by atoms with van der Waals surface area (Å²) < 4.78 is 6.62. The second-order valence-corrected chi connectivity index (χ2v) is 6.76. The molecular weight excluding hydrogens is 395 g/mol. The smallest absolute Gasteiger partial charge is 0.321 e. The Morgan fingerprint density at radius 1 is 1.18 bits per heavy atom. The van der Waals surface area contributed by atoms with Crippen LogP contribution in [0.5, 0.6) is 5.75 Å². The number of rotatable bonds is 4. The number of nitrogens with one attached hydrogen (secondary N) is 2. The van der Waals surface area contributed by atoms with Gasteiger partial charge in [-0.3, -0.25) is 10.1 Å². The Hall–Kier alpha value is -1.31. The molecule has 0 aromatic heterocycles. The van der Waals surface area contributed by atoms with E-state index in [1.54, 1.807) is 19.1 Å². The summed E-state index contributed by atoms with van der Waals surface area (Å²) in [6, 6.07) is 7.14. The first kappa shape index (κ1) is 17.1. The van der Waals surface area contributed by atoms with Gasteiger partial charge >= 0.3 is 6.03 Å². The molecule has 0 spiro atoms. The van der Waals surface area contributed by atoms with E-state index in [9.17, 15) is 9.59 Å². The molecular formula is C16H21IN2O3. The number of hydrogen-bond acceptors (Lipinski definition) is 3. The van der Waals surface area contributed by atoms with Crippen LogP contribution in [-0.2, 0) is 4.79 Å². The molecule has 1 aliphatic carbocycles. The molecule has 2 N–H and O–H groups in total. The molecule has 0 unspecified atom stereocenters. The number of urea groups is 1. The minimum Gasteiger partial charge on any atom is -0.481 e. The van der Waals surface area contributed by atoms with Crippen LogP contribution in [0.4, 0.5) is 4.79 Å². The fourth-order valence-corrected chi connectivity index (χ4v) is 2.81. The van der Waals surface area contributed by atoms with Gasteiger partial charge in [-0.1, -0.05) is 19.3 Å². The summed E-state index contributed by atoms with van der Waals surface area (Å²) >= 11 is 2.20. The summed E-state index contributed by atoms with van der Waals surface area (Å²) in [6.07, 6.45) is 4.72. The van der Waals surface area contributed by atoms with Gasteiger partial charge in [-0.2, -0.15) is 0 Å². The summed E-state index contributed by atoms with van der Waals surface area (Å²) in [5.41, 5.74) is 0. The average Bonchev–Trinajstić information content (AvgIpc) is 2.50. The number of carbonyl (C=O) groups excluding carboxylic acids is 2. The number of imide groups is 1. The molecule has 3 amide bonds. The van der Waals surface area contributed by atoms with Crippen LogP contribution in [0.1, 0.15) is 39.0 Å². The zero-order chi connectivity index (χ0) is 15.9. The number of halogens is 1. The molecule has 5 nitrogen and oxygen atoms in total. The van der Waals surface area contributed by atoms with Crippen LogP contribution in [0.15, 0.2) is 24.3 Å². The van der Waals surface area contributed by atoms with E-state index in [1.165, 1.54) is 6.42 Å². The first-order valence-corrected chi connectivity index (χ1v) is 8.66. The van der Waals surface area contributed by atoms with Crippen molar-refractivity contribution in [3.8, 4) is 5.75 Å². The molecule has 1 fully saturated rings. The highest BCUT2D eigenvalue weighted by atomic mass is 127. The maximum absolute atomic E-state index is 12.0. The number of amides is 3. The largest absolute Gasteiger partial charge is 0.481 e. The highest BCUT2D eigenvalue weighted by Gasteiger charge is 2.20. The Morgan fingerprint density at radius 2 is 1.82 bits per heavy atom.